The number of hydrogen-bond donors (Lipinski definition) is 2. The van der Waals surface area contributed by atoms with Gasteiger partial charge in [0.05, 0.1) is 12.8 Å². The Morgan fingerprint density at radius 2 is 1.65 bits per heavy atom. The molecule has 0 aromatic heterocycles. The minimum atomic E-state index is 0.703. The topological polar surface area (TPSA) is 47.3 Å². The van der Waals surface area contributed by atoms with Crippen molar-refractivity contribution in [3.63, 3.8) is 0 Å². The van der Waals surface area contributed by atoms with Crippen molar-refractivity contribution in [1.29, 1.82) is 0 Å². The average molecular weight is 270 g/mol. The van der Waals surface area contributed by atoms with Gasteiger partial charge in [-0.3, -0.25) is 0 Å². The van der Waals surface area contributed by atoms with Crippen LogP contribution in [0.3, 0.4) is 0 Å². The van der Waals surface area contributed by atoms with Gasteiger partial charge in [-0.05, 0) is 49.2 Å². The lowest BCUT2D eigenvalue weighted by Gasteiger charge is -2.08. The van der Waals surface area contributed by atoms with Crippen molar-refractivity contribution < 1.29 is 4.74 Å². The summed E-state index contributed by atoms with van der Waals surface area (Å²) in [6.45, 7) is 1.95. The van der Waals surface area contributed by atoms with Gasteiger partial charge in [-0.15, -0.1) is 0 Å². The molecule has 0 saturated heterocycles. The fourth-order valence-electron chi connectivity index (χ4n) is 2.17. The molecule has 0 atom stereocenters. The van der Waals surface area contributed by atoms with Gasteiger partial charge in [0.15, 0.2) is 0 Å². The number of hydrogen-bond acceptors (Lipinski definition) is 3. The maximum absolute atomic E-state index is 5.89. The van der Waals surface area contributed by atoms with Gasteiger partial charge in [0.1, 0.15) is 5.75 Å². The third-order valence-electron chi connectivity index (χ3n) is 3.32. The van der Waals surface area contributed by atoms with Crippen LogP contribution in [-0.2, 0) is 12.8 Å². The van der Waals surface area contributed by atoms with Crippen LogP contribution in [0.5, 0.6) is 5.75 Å². The highest BCUT2D eigenvalue weighted by molar-refractivity contribution is 5.54. The minimum Gasteiger partial charge on any atom is -0.495 e. The van der Waals surface area contributed by atoms with Gasteiger partial charge in [0.25, 0.3) is 0 Å². The Kier molecular flexibility index (Phi) is 5.44. The maximum Gasteiger partial charge on any atom is 0.141 e. The Morgan fingerprint density at radius 1 is 0.950 bits per heavy atom. The molecular formula is C17H22N2O. The molecule has 106 valence electrons. The monoisotopic (exact) mass is 270 g/mol. The first-order valence-electron chi connectivity index (χ1n) is 6.96. The van der Waals surface area contributed by atoms with Gasteiger partial charge in [0, 0.05) is 0 Å². The van der Waals surface area contributed by atoms with Crippen LogP contribution >= 0.6 is 0 Å². The van der Waals surface area contributed by atoms with Crippen LogP contribution in [0.4, 0.5) is 5.69 Å². The molecule has 0 radical (unpaired) electrons. The maximum atomic E-state index is 5.89. The second kappa shape index (κ2) is 7.56. The van der Waals surface area contributed by atoms with Gasteiger partial charge in [-0.25, -0.2) is 0 Å². The summed E-state index contributed by atoms with van der Waals surface area (Å²) in [5.74, 6) is 0.741. The first kappa shape index (κ1) is 14.4. The summed E-state index contributed by atoms with van der Waals surface area (Å²) in [4.78, 5) is 0. The van der Waals surface area contributed by atoms with Gasteiger partial charge >= 0.3 is 0 Å². The number of ether oxygens (including phenoxy) is 1. The molecule has 0 amide bonds. The predicted octanol–water partition coefficient (Wildman–Crippen LogP) is 2.65. The zero-order valence-corrected chi connectivity index (χ0v) is 11.9. The highest BCUT2D eigenvalue weighted by Crippen LogP contribution is 2.21. The number of nitrogens with one attached hydrogen (secondary N) is 1. The molecule has 0 aliphatic carbocycles. The number of rotatable bonds is 7. The molecule has 0 saturated carbocycles. The quantitative estimate of drug-likeness (QED) is 0.600. The molecule has 3 nitrogen and oxygen atoms in total. The molecule has 2 rings (SSSR count). The SMILES string of the molecule is COc1ccc(CCNCCc2ccccc2)cc1N. The Hall–Kier alpha value is -2.00. The molecular weight excluding hydrogens is 248 g/mol. The number of benzene rings is 2. The van der Waals surface area contributed by atoms with Crippen LogP contribution in [0.25, 0.3) is 0 Å². The van der Waals surface area contributed by atoms with Crippen LogP contribution in [0, 0.1) is 0 Å². The van der Waals surface area contributed by atoms with Gasteiger partial charge in [-0.1, -0.05) is 36.4 Å². The summed E-state index contributed by atoms with van der Waals surface area (Å²) in [5.41, 5.74) is 9.20. The van der Waals surface area contributed by atoms with Crippen molar-refractivity contribution in [2.24, 2.45) is 0 Å². The summed E-state index contributed by atoms with van der Waals surface area (Å²) in [5, 5.41) is 3.46. The smallest absolute Gasteiger partial charge is 0.141 e. The van der Waals surface area contributed by atoms with Gasteiger partial charge < -0.3 is 15.8 Å². The molecule has 2 aromatic rings. The molecule has 2 aromatic carbocycles. The highest BCUT2D eigenvalue weighted by Gasteiger charge is 2.00. The van der Waals surface area contributed by atoms with Crippen LogP contribution in [0.2, 0.25) is 0 Å². The summed E-state index contributed by atoms with van der Waals surface area (Å²) in [7, 11) is 1.64. The average Bonchev–Trinajstić information content (AvgIpc) is 2.48. The largest absolute Gasteiger partial charge is 0.495 e. The number of methoxy groups -OCH3 is 1. The zero-order valence-electron chi connectivity index (χ0n) is 11.9. The standard InChI is InChI=1S/C17H22N2O/c1-20-17-8-7-15(13-16(17)18)10-12-19-11-9-14-5-3-2-4-6-14/h2-8,13,19H,9-12,18H2,1H3. The fourth-order valence-corrected chi connectivity index (χ4v) is 2.17. The van der Waals surface area contributed by atoms with E-state index in [1.54, 1.807) is 7.11 Å². The first-order chi connectivity index (χ1) is 9.79. The van der Waals surface area contributed by atoms with Crippen LogP contribution in [0.1, 0.15) is 11.1 Å². The molecule has 0 heterocycles. The van der Waals surface area contributed by atoms with E-state index < -0.39 is 0 Å². The second-order valence-electron chi connectivity index (χ2n) is 4.81. The molecule has 3 N–H and O–H groups in total. The molecule has 0 aliphatic heterocycles. The molecule has 3 heteroatoms. The normalized spacial score (nSPS) is 10.4. The molecule has 0 unspecified atom stereocenters. The summed E-state index contributed by atoms with van der Waals surface area (Å²) < 4.78 is 5.15. The number of nitrogens with two attached hydrogens (primary N) is 1. The number of anilines is 1. The molecule has 0 fully saturated rings. The van der Waals surface area contributed by atoms with E-state index in [9.17, 15) is 0 Å². The van der Waals surface area contributed by atoms with Gasteiger partial charge in [0.2, 0.25) is 0 Å². The highest BCUT2D eigenvalue weighted by atomic mass is 16.5. The molecule has 0 spiro atoms. The summed E-state index contributed by atoms with van der Waals surface area (Å²) in [6, 6.07) is 16.5. The van der Waals surface area contributed by atoms with Crippen molar-refractivity contribution in [2.75, 3.05) is 25.9 Å². The van der Waals surface area contributed by atoms with Crippen LogP contribution in [0.15, 0.2) is 48.5 Å². The predicted molar refractivity (Wildman–Crippen MR) is 84.1 cm³/mol. The van der Waals surface area contributed by atoms with E-state index in [0.717, 1.165) is 31.7 Å². The minimum absolute atomic E-state index is 0.703. The van der Waals surface area contributed by atoms with Crippen molar-refractivity contribution in [1.82, 2.24) is 5.32 Å². The molecule has 20 heavy (non-hydrogen) atoms. The fraction of sp³-hybridized carbons (Fsp3) is 0.294. The Balaban J connectivity index is 1.69. The zero-order chi connectivity index (χ0) is 14.2. The lowest BCUT2D eigenvalue weighted by molar-refractivity contribution is 0.417. The van der Waals surface area contributed by atoms with Crippen molar-refractivity contribution in [2.45, 2.75) is 12.8 Å². The van der Waals surface area contributed by atoms with E-state index in [4.69, 9.17) is 10.5 Å². The van der Waals surface area contributed by atoms with Crippen molar-refractivity contribution in [3.05, 3.63) is 59.7 Å². The number of nitrogen functional groups attached to an aromatic ring is 1. The Bertz CT molecular complexity index is 526. The van der Waals surface area contributed by atoms with Crippen molar-refractivity contribution in [3.8, 4) is 5.75 Å². The van der Waals surface area contributed by atoms with E-state index in [2.05, 4.69) is 35.6 Å². The van der Waals surface area contributed by atoms with E-state index in [1.807, 2.05) is 18.2 Å². The lowest BCUT2D eigenvalue weighted by atomic mass is 10.1. The Labute approximate surface area is 120 Å². The molecule has 0 bridgehead atoms. The lowest BCUT2D eigenvalue weighted by Crippen LogP contribution is -2.20. The van der Waals surface area contributed by atoms with Gasteiger partial charge in [-0.2, -0.15) is 0 Å². The Morgan fingerprint density at radius 3 is 2.30 bits per heavy atom. The summed E-state index contributed by atoms with van der Waals surface area (Å²) >= 11 is 0. The van der Waals surface area contributed by atoms with E-state index in [1.165, 1.54) is 11.1 Å². The third-order valence-corrected chi connectivity index (χ3v) is 3.32. The molecule has 0 aliphatic rings. The van der Waals surface area contributed by atoms with E-state index in [-0.39, 0.29) is 0 Å². The summed E-state index contributed by atoms with van der Waals surface area (Å²) in [6.07, 6.45) is 2.04. The third kappa shape index (κ3) is 4.28. The first-order valence-corrected chi connectivity index (χ1v) is 6.96. The van der Waals surface area contributed by atoms with Crippen LogP contribution in [-0.4, -0.2) is 20.2 Å². The van der Waals surface area contributed by atoms with E-state index >= 15 is 0 Å². The second-order valence-corrected chi connectivity index (χ2v) is 4.81. The van der Waals surface area contributed by atoms with Crippen molar-refractivity contribution >= 4 is 5.69 Å². The van der Waals surface area contributed by atoms with E-state index in [0.29, 0.717) is 5.69 Å². The van der Waals surface area contributed by atoms with Crippen LogP contribution < -0.4 is 15.8 Å².